The van der Waals surface area contributed by atoms with Gasteiger partial charge in [0.25, 0.3) is 0 Å². The van der Waals surface area contributed by atoms with E-state index in [0.29, 0.717) is 23.1 Å². The van der Waals surface area contributed by atoms with Crippen molar-refractivity contribution in [1.82, 2.24) is 15.5 Å². The Morgan fingerprint density at radius 2 is 2.15 bits per heavy atom. The average molecular weight is 272 g/mol. The van der Waals surface area contributed by atoms with Gasteiger partial charge in [0.2, 0.25) is 5.82 Å². The Bertz CT molecular complexity index is 617. The molecule has 0 bridgehead atoms. The van der Waals surface area contributed by atoms with Crippen molar-refractivity contribution in [3.8, 4) is 11.4 Å². The molecule has 0 saturated carbocycles. The van der Waals surface area contributed by atoms with Gasteiger partial charge in [0.1, 0.15) is 0 Å². The highest BCUT2D eigenvalue weighted by Gasteiger charge is 2.17. The molecule has 0 spiro atoms. The third-order valence-corrected chi connectivity index (χ3v) is 3.30. The van der Waals surface area contributed by atoms with Gasteiger partial charge in [0, 0.05) is 49.2 Å². The monoisotopic (exact) mass is 272 g/mol. The zero-order chi connectivity index (χ0) is 13.9. The summed E-state index contributed by atoms with van der Waals surface area (Å²) in [6.45, 7) is 3.55. The minimum Gasteiger partial charge on any atom is -0.398 e. The molecule has 1 aliphatic rings. The molecule has 7 heteroatoms. The number of nitrogens with one attached hydrogen (secondary N) is 2. The van der Waals surface area contributed by atoms with E-state index in [4.69, 9.17) is 15.7 Å². The van der Waals surface area contributed by atoms with Crippen LogP contribution in [0.15, 0.2) is 22.7 Å². The molecule has 3 rings (SSSR count). The molecule has 2 heterocycles. The number of piperazine rings is 1. The van der Waals surface area contributed by atoms with Crippen LogP contribution in [0.5, 0.6) is 0 Å². The van der Waals surface area contributed by atoms with E-state index < -0.39 is 0 Å². The van der Waals surface area contributed by atoms with E-state index in [1.54, 1.807) is 12.1 Å². The molecule has 1 saturated heterocycles. The second-order valence-electron chi connectivity index (χ2n) is 4.63. The lowest BCUT2D eigenvalue weighted by Gasteiger charge is -2.24. The van der Waals surface area contributed by atoms with Crippen molar-refractivity contribution in [3.63, 3.8) is 0 Å². The summed E-state index contributed by atoms with van der Waals surface area (Å²) in [6, 6.07) is 5.91. The smallest absolute Gasteiger partial charge is 0.324 e. The molecule has 20 heavy (non-hydrogen) atoms. The molecule has 1 aromatic carbocycles. The number of anilines is 2. The van der Waals surface area contributed by atoms with Crippen LogP contribution in [0.25, 0.3) is 11.4 Å². The van der Waals surface area contributed by atoms with E-state index in [0.717, 1.165) is 31.7 Å². The van der Waals surface area contributed by atoms with Crippen molar-refractivity contribution in [2.24, 2.45) is 0 Å². The van der Waals surface area contributed by atoms with Gasteiger partial charge in [-0.2, -0.15) is 4.98 Å². The van der Waals surface area contributed by atoms with Crippen LogP contribution >= 0.6 is 0 Å². The van der Waals surface area contributed by atoms with E-state index in [-0.39, 0.29) is 0 Å². The van der Waals surface area contributed by atoms with E-state index in [9.17, 15) is 0 Å². The number of nitrogen functional groups attached to an aromatic ring is 1. The molecule has 0 radical (unpaired) electrons. The molecule has 1 fully saturated rings. The predicted octanol–water partition coefficient (Wildman–Crippen LogP) is 0.726. The maximum Gasteiger partial charge on any atom is 0.324 e. The van der Waals surface area contributed by atoms with Gasteiger partial charge >= 0.3 is 6.01 Å². The Morgan fingerprint density at radius 3 is 2.85 bits per heavy atom. The van der Waals surface area contributed by atoms with Crippen LogP contribution in [-0.4, -0.2) is 42.5 Å². The number of aromatic nitrogens is 2. The number of benzene rings is 1. The molecule has 7 nitrogen and oxygen atoms in total. The normalized spacial score (nSPS) is 15.3. The standard InChI is InChI=1S/C13H16N6O/c14-8-10-2-1-9(7-11(10)15)12-17-13(20-18-12)19-5-3-16-4-6-19/h1-2,7-8,14,16H,3-6,15H2. The van der Waals surface area contributed by atoms with Gasteiger partial charge in [-0.3, -0.25) is 0 Å². The largest absolute Gasteiger partial charge is 0.398 e. The number of hydrogen-bond acceptors (Lipinski definition) is 7. The van der Waals surface area contributed by atoms with Gasteiger partial charge in [-0.1, -0.05) is 17.3 Å². The first-order chi connectivity index (χ1) is 9.78. The molecule has 0 atom stereocenters. The van der Waals surface area contributed by atoms with Crippen molar-refractivity contribution in [2.45, 2.75) is 0 Å². The second kappa shape index (κ2) is 5.30. The first-order valence-corrected chi connectivity index (χ1v) is 6.47. The Morgan fingerprint density at radius 1 is 1.35 bits per heavy atom. The minimum atomic E-state index is 0.516. The SMILES string of the molecule is N=Cc1ccc(-c2noc(N3CCNCC3)n2)cc1N. The van der Waals surface area contributed by atoms with Crippen molar-refractivity contribution >= 4 is 17.9 Å². The Kier molecular flexibility index (Phi) is 3.34. The molecule has 1 aliphatic heterocycles. The maximum atomic E-state index is 7.23. The zero-order valence-electron chi connectivity index (χ0n) is 11.0. The van der Waals surface area contributed by atoms with Crippen LogP contribution in [0.3, 0.4) is 0 Å². The lowest BCUT2D eigenvalue weighted by molar-refractivity contribution is 0.405. The predicted molar refractivity (Wildman–Crippen MR) is 77.1 cm³/mol. The summed E-state index contributed by atoms with van der Waals surface area (Å²) in [5.41, 5.74) is 7.87. The van der Waals surface area contributed by atoms with E-state index in [2.05, 4.69) is 20.4 Å². The fourth-order valence-electron chi connectivity index (χ4n) is 2.16. The summed E-state index contributed by atoms with van der Waals surface area (Å²) < 4.78 is 5.31. The number of nitrogens with zero attached hydrogens (tertiary/aromatic N) is 3. The van der Waals surface area contributed by atoms with Gasteiger partial charge in [-0.25, -0.2) is 0 Å². The molecule has 0 unspecified atom stereocenters. The summed E-state index contributed by atoms with van der Waals surface area (Å²) in [7, 11) is 0. The van der Waals surface area contributed by atoms with Crippen molar-refractivity contribution in [2.75, 3.05) is 36.8 Å². The lowest BCUT2D eigenvalue weighted by atomic mass is 10.1. The molecule has 0 amide bonds. The van der Waals surface area contributed by atoms with Crippen LogP contribution < -0.4 is 16.0 Å². The Labute approximate surface area is 116 Å². The number of nitrogens with two attached hydrogens (primary N) is 1. The van der Waals surface area contributed by atoms with Crippen LogP contribution in [0, 0.1) is 5.41 Å². The average Bonchev–Trinajstić information content (AvgIpc) is 2.98. The van der Waals surface area contributed by atoms with Gasteiger partial charge in [-0.15, -0.1) is 0 Å². The number of hydrogen-bond donors (Lipinski definition) is 3. The van der Waals surface area contributed by atoms with Crippen molar-refractivity contribution in [1.29, 1.82) is 5.41 Å². The highest BCUT2D eigenvalue weighted by molar-refractivity contribution is 5.86. The van der Waals surface area contributed by atoms with Crippen LogP contribution in [0.2, 0.25) is 0 Å². The third-order valence-electron chi connectivity index (χ3n) is 3.30. The minimum absolute atomic E-state index is 0.516. The van der Waals surface area contributed by atoms with Crippen molar-refractivity contribution < 1.29 is 4.52 Å². The van der Waals surface area contributed by atoms with Crippen molar-refractivity contribution in [3.05, 3.63) is 23.8 Å². The fraction of sp³-hybridized carbons (Fsp3) is 0.308. The highest BCUT2D eigenvalue weighted by Crippen LogP contribution is 2.23. The maximum absolute atomic E-state index is 7.23. The molecule has 1 aromatic heterocycles. The Balaban J connectivity index is 1.85. The lowest BCUT2D eigenvalue weighted by Crippen LogP contribution is -2.43. The summed E-state index contributed by atoms with van der Waals surface area (Å²) in [6.07, 6.45) is 1.22. The molecule has 4 N–H and O–H groups in total. The quantitative estimate of drug-likeness (QED) is 0.562. The molecule has 0 aliphatic carbocycles. The van der Waals surface area contributed by atoms with Crippen LogP contribution in [0.4, 0.5) is 11.7 Å². The number of rotatable bonds is 3. The summed E-state index contributed by atoms with van der Waals surface area (Å²) in [5, 5.41) is 14.5. The third kappa shape index (κ3) is 2.35. The molecule has 2 aromatic rings. The summed E-state index contributed by atoms with van der Waals surface area (Å²) >= 11 is 0. The topological polar surface area (TPSA) is 104 Å². The van der Waals surface area contributed by atoms with E-state index >= 15 is 0 Å². The van der Waals surface area contributed by atoms with Gasteiger partial charge in [0.15, 0.2) is 0 Å². The van der Waals surface area contributed by atoms with Gasteiger partial charge < -0.3 is 25.9 Å². The van der Waals surface area contributed by atoms with Crippen LogP contribution in [-0.2, 0) is 0 Å². The van der Waals surface area contributed by atoms with E-state index in [1.165, 1.54) is 6.21 Å². The summed E-state index contributed by atoms with van der Waals surface area (Å²) in [4.78, 5) is 6.47. The first kappa shape index (κ1) is 12.6. The highest BCUT2D eigenvalue weighted by atomic mass is 16.5. The first-order valence-electron chi connectivity index (χ1n) is 6.47. The molecule has 104 valence electrons. The molecular formula is C13H16N6O. The van der Waals surface area contributed by atoms with Gasteiger partial charge in [0.05, 0.1) is 0 Å². The second-order valence-corrected chi connectivity index (χ2v) is 4.63. The fourth-order valence-corrected chi connectivity index (χ4v) is 2.16. The van der Waals surface area contributed by atoms with E-state index in [1.807, 2.05) is 6.07 Å². The van der Waals surface area contributed by atoms with Gasteiger partial charge in [-0.05, 0) is 6.07 Å². The van der Waals surface area contributed by atoms with Crippen LogP contribution in [0.1, 0.15) is 5.56 Å². The summed E-state index contributed by atoms with van der Waals surface area (Å²) in [5.74, 6) is 0.516. The molecular weight excluding hydrogens is 256 g/mol. The Hall–Kier alpha value is -2.41. The zero-order valence-corrected chi connectivity index (χ0v) is 11.0.